The number of thiophene rings is 2. The van der Waals surface area contributed by atoms with E-state index in [0.29, 0.717) is 0 Å². The van der Waals surface area contributed by atoms with E-state index in [9.17, 15) is 0 Å². The van der Waals surface area contributed by atoms with E-state index in [-0.39, 0.29) is 0 Å². The molecule has 0 aliphatic heterocycles. The van der Waals surface area contributed by atoms with Gasteiger partial charge in [0.2, 0.25) is 0 Å². The Morgan fingerprint density at radius 2 is 0.852 bits per heavy atom. The smallest absolute Gasteiger partial charge is 0.0356 e. The topological polar surface area (TPSA) is 0 Å². The van der Waals surface area contributed by atoms with Crippen molar-refractivity contribution in [2.24, 2.45) is 0 Å². The van der Waals surface area contributed by atoms with E-state index in [4.69, 9.17) is 0 Å². The zero-order valence-electron chi connectivity index (χ0n) is 14.4. The van der Waals surface area contributed by atoms with E-state index in [1.165, 1.54) is 40.3 Å². The first-order valence-corrected chi connectivity index (χ1v) is 11.2. The zero-order chi connectivity index (χ0) is 18.2. The molecule has 0 amide bonds. The lowest BCUT2D eigenvalue weighted by atomic mass is 10.2. The van der Waals surface area contributed by atoms with Crippen molar-refractivity contribution < 1.29 is 0 Å². The summed E-state index contributed by atoms with van der Waals surface area (Å²) >= 11 is 7.22. The number of hydrogen-bond donors (Lipinski definition) is 0. The average Bonchev–Trinajstić information content (AvgIpc) is 3.26. The van der Waals surface area contributed by atoms with Gasteiger partial charge in [-0.25, -0.2) is 0 Å². The van der Waals surface area contributed by atoms with Crippen LogP contribution in [0.15, 0.2) is 95.5 Å². The van der Waals surface area contributed by atoms with Crippen LogP contribution in [-0.2, 0) is 0 Å². The number of halogens is 1. The van der Waals surface area contributed by atoms with E-state index in [2.05, 4.69) is 107 Å². The Bertz CT molecular complexity index is 1340. The molecule has 130 valence electrons. The van der Waals surface area contributed by atoms with Gasteiger partial charge in [-0.2, -0.15) is 0 Å². The fraction of sp³-hybridized carbons (Fsp3) is 0. The molecule has 6 rings (SSSR count). The van der Waals surface area contributed by atoms with Gasteiger partial charge in [-0.05, 0) is 36.4 Å². The van der Waals surface area contributed by atoms with Gasteiger partial charge >= 0.3 is 0 Å². The summed E-state index contributed by atoms with van der Waals surface area (Å²) in [5.74, 6) is 0. The Kier molecular flexibility index (Phi) is 4.44. The molecule has 0 aliphatic carbocycles. The van der Waals surface area contributed by atoms with E-state index in [1.807, 2.05) is 22.7 Å². The van der Waals surface area contributed by atoms with Crippen molar-refractivity contribution in [1.82, 2.24) is 0 Å². The van der Waals surface area contributed by atoms with E-state index in [1.54, 1.807) is 0 Å². The quantitative estimate of drug-likeness (QED) is 0.218. The Morgan fingerprint density at radius 1 is 0.444 bits per heavy atom. The van der Waals surface area contributed by atoms with Crippen molar-refractivity contribution in [2.75, 3.05) is 0 Å². The van der Waals surface area contributed by atoms with E-state index in [0.717, 1.165) is 4.47 Å². The fourth-order valence-electron chi connectivity index (χ4n) is 3.37. The third-order valence-corrected chi connectivity index (χ3v) is 7.42. The highest BCUT2D eigenvalue weighted by Crippen LogP contribution is 2.35. The third kappa shape index (κ3) is 3.16. The summed E-state index contributed by atoms with van der Waals surface area (Å²) in [6, 6.07) is 32.1. The van der Waals surface area contributed by atoms with Crippen LogP contribution in [0.4, 0.5) is 0 Å². The highest BCUT2D eigenvalue weighted by Gasteiger charge is 2.03. The van der Waals surface area contributed by atoms with Gasteiger partial charge in [0.15, 0.2) is 0 Å². The molecule has 0 atom stereocenters. The van der Waals surface area contributed by atoms with Crippen molar-refractivity contribution in [3.05, 3.63) is 95.5 Å². The Morgan fingerprint density at radius 3 is 1.37 bits per heavy atom. The lowest BCUT2D eigenvalue weighted by Crippen LogP contribution is -1.65. The lowest BCUT2D eigenvalue weighted by molar-refractivity contribution is 1.77. The first-order valence-electron chi connectivity index (χ1n) is 8.73. The molecule has 0 fully saturated rings. The van der Waals surface area contributed by atoms with E-state index < -0.39 is 0 Å². The molecule has 0 saturated carbocycles. The van der Waals surface area contributed by atoms with Crippen molar-refractivity contribution in [3.8, 4) is 0 Å². The Balaban J connectivity index is 0.000000119. The Labute approximate surface area is 173 Å². The SMILES string of the molecule is Brc1ccc2sc3ccccc3c2c1.c1ccc2c(c1)sc1ccccc12. The van der Waals surface area contributed by atoms with Gasteiger partial charge in [-0.3, -0.25) is 0 Å². The summed E-state index contributed by atoms with van der Waals surface area (Å²) in [6.45, 7) is 0. The average molecular weight is 447 g/mol. The van der Waals surface area contributed by atoms with Gasteiger partial charge in [0.1, 0.15) is 0 Å². The molecule has 0 radical (unpaired) electrons. The second-order valence-corrected chi connectivity index (χ2v) is 9.42. The van der Waals surface area contributed by atoms with Crippen molar-refractivity contribution in [3.63, 3.8) is 0 Å². The van der Waals surface area contributed by atoms with Crippen LogP contribution in [0.2, 0.25) is 0 Å². The third-order valence-electron chi connectivity index (χ3n) is 4.62. The van der Waals surface area contributed by atoms with Crippen LogP contribution in [0.25, 0.3) is 40.3 Å². The first kappa shape index (κ1) is 16.9. The van der Waals surface area contributed by atoms with Gasteiger partial charge in [0, 0.05) is 44.8 Å². The molecule has 4 aromatic carbocycles. The Hall–Kier alpha value is -2.20. The van der Waals surface area contributed by atoms with Crippen LogP contribution in [0, 0.1) is 0 Å². The second kappa shape index (κ2) is 7.08. The van der Waals surface area contributed by atoms with Gasteiger partial charge in [-0.1, -0.05) is 70.5 Å². The van der Waals surface area contributed by atoms with E-state index >= 15 is 0 Å². The molecular weight excluding hydrogens is 432 g/mol. The predicted octanol–water partition coefficient (Wildman–Crippen LogP) is 8.87. The molecule has 0 aliphatic rings. The maximum absolute atomic E-state index is 3.51. The molecule has 6 aromatic rings. The largest absolute Gasteiger partial charge is 0.135 e. The lowest BCUT2D eigenvalue weighted by Gasteiger charge is -1.91. The molecule has 0 N–H and O–H groups in total. The van der Waals surface area contributed by atoms with Gasteiger partial charge in [0.05, 0.1) is 0 Å². The predicted molar refractivity (Wildman–Crippen MR) is 126 cm³/mol. The van der Waals surface area contributed by atoms with Crippen LogP contribution in [-0.4, -0.2) is 0 Å². The summed E-state index contributed by atoms with van der Waals surface area (Å²) < 4.78 is 6.62. The van der Waals surface area contributed by atoms with Crippen LogP contribution >= 0.6 is 38.6 Å². The molecular formula is C24H15BrS2. The summed E-state index contributed by atoms with van der Waals surface area (Å²) in [5.41, 5.74) is 0. The first-order chi connectivity index (χ1) is 13.3. The number of hydrogen-bond acceptors (Lipinski definition) is 2. The molecule has 0 nitrogen and oxygen atoms in total. The minimum atomic E-state index is 1.15. The summed E-state index contributed by atoms with van der Waals surface area (Å²) in [6.07, 6.45) is 0. The molecule has 0 unspecified atom stereocenters. The standard InChI is InChI=1S/C12H7BrS.C12H8S/c13-8-5-6-12-10(7-8)9-3-1-2-4-11(9)14-12;1-3-7-11-9(5-1)10-6-2-4-8-12(10)13-11/h1-7H;1-8H. The number of benzene rings is 4. The molecule has 0 spiro atoms. The molecule has 0 bridgehead atoms. The van der Waals surface area contributed by atoms with Gasteiger partial charge < -0.3 is 0 Å². The van der Waals surface area contributed by atoms with Gasteiger partial charge in [-0.15, -0.1) is 22.7 Å². The van der Waals surface area contributed by atoms with Crippen molar-refractivity contribution >= 4 is 78.9 Å². The molecule has 27 heavy (non-hydrogen) atoms. The number of fused-ring (bicyclic) bond motifs is 6. The summed E-state index contributed by atoms with van der Waals surface area (Å²) in [5, 5.41) is 5.46. The molecule has 3 heteroatoms. The minimum absolute atomic E-state index is 1.15. The highest BCUT2D eigenvalue weighted by molar-refractivity contribution is 9.10. The molecule has 2 aromatic heterocycles. The highest BCUT2D eigenvalue weighted by atomic mass is 79.9. The minimum Gasteiger partial charge on any atom is -0.135 e. The summed E-state index contributed by atoms with van der Waals surface area (Å²) in [7, 11) is 0. The molecule has 0 saturated heterocycles. The molecule has 2 heterocycles. The normalized spacial score (nSPS) is 11.1. The van der Waals surface area contributed by atoms with Crippen molar-refractivity contribution in [2.45, 2.75) is 0 Å². The van der Waals surface area contributed by atoms with Crippen LogP contribution in [0.1, 0.15) is 0 Å². The van der Waals surface area contributed by atoms with Crippen LogP contribution in [0.5, 0.6) is 0 Å². The van der Waals surface area contributed by atoms with Crippen molar-refractivity contribution in [1.29, 1.82) is 0 Å². The monoisotopic (exact) mass is 446 g/mol. The van der Waals surface area contributed by atoms with Crippen LogP contribution < -0.4 is 0 Å². The maximum atomic E-state index is 3.51. The fourth-order valence-corrected chi connectivity index (χ4v) is 5.93. The van der Waals surface area contributed by atoms with Crippen LogP contribution in [0.3, 0.4) is 0 Å². The zero-order valence-corrected chi connectivity index (χ0v) is 17.6. The van der Waals surface area contributed by atoms with Gasteiger partial charge in [0.25, 0.3) is 0 Å². The summed E-state index contributed by atoms with van der Waals surface area (Å²) in [4.78, 5) is 0. The second-order valence-electron chi connectivity index (χ2n) is 6.33. The number of rotatable bonds is 0. The maximum Gasteiger partial charge on any atom is 0.0356 e.